The number of hydrogen-bond acceptors (Lipinski definition) is 5. The highest BCUT2D eigenvalue weighted by atomic mass is 16.5. The first kappa shape index (κ1) is 11.4. The number of carbonyl (C=O) groups is 1. The zero-order chi connectivity index (χ0) is 13.2. The van der Waals surface area contributed by atoms with Gasteiger partial charge in [0, 0.05) is 18.5 Å². The zero-order valence-electron chi connectivity index (χ0n) is 10.2. The second-order valence-electron chi connectivity index (χ2n) is 3.82. The number of imidazole rings is 2. The Bertz CT molecular complexity index is 717. The molecule has 0 saturated heterocycles. The number of pyridine rings is 1. The highest BCUT2D eigenvalue weighted by Gasteiger charge is 2.17. The molecule has 0 spiro atoms. The summed E-state index contributed by atoms with van der Waals surface area (Å²) in [7, 11) is 0. The second-order valence-corrected chi connectivity index (χ2v) is 3.82. The molecule has 3 aromatic heterocycles. The first-order chi connectivity index (χ1) is 9.29. The molecular weight excluding hydrogens is 246 g/mol. The summed E-state index contributed by atoms with van der Waals surface area (Å²) in [6.07, 6.45) is 6.52. The fraction of sp³-hybridized carbons (Fsp3) is 0.167. The molecule has 0 aliphatic rings. The van der Waals surface area contributed by atoms with Gasteiger partial charge in [-0.1, -0.05) is 0 Å². The van der Waals surface area contributed by atoms with Crippen molar-refractivity contribution in [2.45, 2.75) is 6.92 Å². The van der Waals surface area contributed by atoms with Gasteiger partial charge in [-0.15, -0.1) is 0 Å². The lowest BCUT2D eigenvalue weighted by Gasteiger charge is -2.06. The van der Waals surface area contributed by atoms with E-state index in [0.717, 1.165) is 5.52 Å². The summed E-state index contributed by atoms with van der Waals surface area (Å²) in [6.45, 7) is 2.04. The van der Waals surface area contributed by atoms with Gasteiger partial charge in [-0.05, 0) is 6.92 Å². The summed E-state index contributed by atoms with van der Waals surface area (Å²) in [5.41, 5.74) is 1.42. The molecule has 0 atom stereocenters. The number of ether oxygens (including phenoxy) is 1. The van der Waals surface area contributed by atoms with Gasteiger partial charge in [-0.25, -0.2) is 19.7 Å². The standard InChI is InChI=1S/C12H11N5O2/c1-2-19-12(18)11-10-8(14-6-15-10)5-9(16-11)17-4-3-13-7-17/h3-7H,2H2,1H3,(H,14,15). The van der Waals surface area contributed by atoms with Crippen molar-refractivity contribution in [1.82, 2.24) is 24.5 Å². The van der Waals surface area contributed by atoms with Crippen LogP contribution >= 0.6 is 0 Å². The third kappa shape index (κ3) is 1.95. The Morgan fingerprint density at radius 1 is 1.53 bits per heavy atom. The maximum atomic E-state index is 11.9. The van der Waals surface area contributed by atoms with Crippen LogP contribution in [0.15, 0.2) is 31.1 Å². The number of hydrogen-bond donors (Lipinski definition) is 1. The molecule has 1 N–H and O–H groups in total. The van der Waals surface area contributed by atoms with Crippen LogP contribution in [-0.2, 0) is 4.74 Å². The number of aromatic nitrogens is 5. The molecule has 0 amide bonds. The van der Waals surface area contributed by atoms with Gasteiger partial charge in [-0.3, -0.25) is 4.57 Å². The van der Waals surface area contributed by atoms with Crippen LogP contribution in [0, 0.1) is 0 Å². The van der Waals surface area contributed by atoms with Crippen LogP contribution in [0.4, 0.5) is 0 Å². The highest BCUT2D eigenvalue weighted by Crippen LogP contribution is 2.17. The fourth-order valence-corrected chi connectivity index (χ4v) is 1.80. The Balaban J connectivity index is 2.18. The van der Waals surface area contributed by atoms with Gasteiger partial charge in [0.05, 0.1) is 18.5 Å². The summed E-state index contributed by atoms with van der Waals surface area (Å²) in [5, 5.41) is 0. The van der Waals surface area contributed by atoms with Crippen LogP contribution in [0.5, 0.6) is 0 Å². The third-order valence-electron chi connectivity index (χ3n) is 2.63. The van der Waals surface area contributed by atoms with Crippen LogP contribution in [0.2, 0.25) is 0 Å². The van der Waals surface area contributed by atoms with Crippen LogP contribution in [0.3, 0.4) is 0 Å². The van der Waals surface area contributed by atoms with Gasteiger partial charge in [0.2, 0.25) is 0 Å². The van der Waals surface area contributed by atoms with Crippen molar-refractivity contribution in [3.8, 4) is 5.82 Å². The van der Waals surface area contributed by atoms with Crippen LogP contribution in [0.25, 0.3) is 16.9 Å². The van der Waals surface area contributed by atoms with Gasteiger partial charge in [0.1, 0.15) is 17.7 Å². The van der Waals surface area contributed by atoms with E-state index in [-0.39, 0.29) is 5.69 Å². The number of H-pyrrole nitrogens is 1. The summed E-state index contributed by atoms with van der Waals surface area (Å²) in [5.74, 6) is 0.0962. The number of nitrogens with one attached hydrogen (secondary N) is 1. The summed E-state index contributed by atoms with van der Waals surface area (Å²) >= 11 is 0. The molecule has 0 saturated carbocycles. The Hall–Kier alpha value is -2.70. The monoisotopic (exact) mass is 257 g/mol. The lowest BCUT2D eigenvalue weighted by molar-refractivity contribution is 0.0522. The molecule has 0 fully saturated rings. The smallest absolute Gasteiger partial charge is 0.359 e. The second kappa shape index (κ2) is 4.52. The summed E-state index contributed by atoms with van der Waals surface area (Å²) in [6, 6.07) is 1.80. The Morgan fingerprint density at radius 3 is 3.16 bits per heavy atom. The molecule has 96 valence electrons. The van der Waals surface area contributed by atoms with Crippen LogP contribution in [-0.4, -0.2) is 37.1 Å². The molecule has 3 aromatic rings. The molecule has 3 rings (SSSR count). The van der Waals surface area contributed by atoms with Crippen molar-refractivity contribution in [2.24, 2.45) is 0 Å². The summed E-state index contributed by atoms with van der Waals surface area (Å²) in [4.78, 5) is 27.2. The topological polar surface area (TPSA) is 85.7 Å². The molecule has 7 heteroatoms. The minimum Gasteiger partial charge on any atom is -0.461 e. The van der Waals surface area contributed by atoms with Crippen molar-refractivity contribution in [2.75, 3.05) is 6.61 Å². The zero-order valence-corrected chi connectivity index (χ0v) is 10.2. The Labute approximate surface area is 108 Å². The van der Waals surface area contributed by atoms with Crippen LogP contribution in [0.1, 0.15) is 17.4 Å². The maximum absolute atomic E-state index is 11.9. The highest BCUT2D eigenvalue weighted by molar-refractivity contribution is 6.00. The number of fused-ring (bicyclic) bond motifs is 1. The average molecular weight is 257 g/mol. The van der Waals surface area contributed by atoms with Gasteiger partial charge in [0.25, 0.3) is 0 Å². The molecule has 0 radical (unpaired) electrons. The molecular formula is C12H11N5O2. The summed E-state index contributed by atoms with van der Waals surface area (Å²) < 4.78 is 6.71. The molecule has 0 aliphatic carbocycles. The van der Waals surface area contributed by atoms with Crippen molar-refractivity contribution >= 4 is 17.0 Å². The third-order valence-corrected chi connectivity index (χ3v) is 2.63. The van der Waals surface area contributed by atoms with E-state index in [4.69, 9.17) is 4.74 Å². The lowest BCUT2D eigenvalue weighted by atomic mass is 10.3. The molecule has 7 nitrogen and oxygen atoms in total. The Kier molecular flexibility index (Phi) is 2.71. The molecule has 0 aromatic carbocycles. The van der Waals surface area contributed by atoms with Crippen molar-refractivity contribution in [1.29, 1.82) is 0 Å². The van der Waals surface area contributed by atoms with Crippen molar-refractivity contribution in [3.63, 3.8) is 0 Å². The van der Waals surface area contributed by atoms with E-state index in [1.165, 1.54) is 6.33 Å². The largest absolute Gasteiger partial charge is 0.461 e. The molecule has 0 unspecified atom stereocenters. The number of esters is 1. The molecule has 0 aliphatic heterocycles. The number of carbonyl (C=O) groups excluding carboxylic acids is 1. The van der Waals surface area contributed by atoms with Crippen LogP contribution < -0.4 is 0 Å². The van der Waals surface area contributed by atoms with Crippen molar-refractivity contribution < 1.29 is 9.53 Å². The number of aromatic amines is 1. The Morgan fingerprint density at radius 2 is 2.42 bits per heavy atom. The van der Waals surface area contributed by atoms with E-state index >= 15 is 0 Å². The lowest BCUT2D eigenvalue weighted by Crippen LogP contribution is -2.10. The predicted molar refractivity (Wildman–Crippen MR) is 67.0 cm³/mol. The van der Waals surface area contributed by atoms with E-state index in [1.54, 1.807) is 36.3 Å². The van der Waals surface area contributed by atoms with Gasteiger partial charge in [-0.2, -0.15) is 0 Å². The van der Waals surface area contributed by atoms with Gasteiger partial charge in [0.15, 0.2) is 5.69 Å². The predicted octanol–water partition coefficient (Wildman–Crippen LogP) is 1.32. The minimum atomic E-state index is -0.485. The first-order valence-electron chi connectivity index (χ1n) is 5.79. The average Bonchev–Trinajstić information content (AvgIpc) is 3.08. The van der Waals surface area contributed by atoms with E-state index in [0.29, 0.717) is 17.9 Å². The quantitative estimate of drug-likeness (QED) is 0.715. The molecule has 3 heterocycles. The molecule has 0 bridgehead atoms. The fourth-order valence-electron chi connectivity index (χ4n) is 1.80. The number of nitrogens with zero attached hydrogens (tertiary/aromatic N) is 4. The molecule has 19 heavy (non-hydrogen) atoms. The normalized spacial score (nSPS) is 10.8. The van der Waals surface area contributed by atoms with E-state index in [2.05, 4.69) is 19.9 Å². The minimum absolute atomic E-state index is 0.198. The van der Waals surface area contributed by atoms with Gasteiger partial charge >= 0.3 is 5.97 Å². The van der Waals surface area contributed by atoms with Crippen molar-refractivity contribution in [3.05, 3.63) is 36.8 Å². The van der Waals surface area contributed by atoms with Gasteiger partial charge < -0.3 is 9.72 Å². The van der Waals surface area contributed by atoms with E-state index < -0.39 is 5.97 Å². The SMILES string of the molecule is CCOC(=O)c1nc(-n2ccnc2)cc2[nH]cnc12. The van der Waals surface area contributed by atoms with E-state index in [1.807, 2.05) is 0 Å². The van der Waals surface area contributed by atoms with E-state index in [9.17, 15) is 4.79 Å². The number of rotatable bonds is 3. The first-order valence-corrected chi connectivity index (χ1v) is 5.79. The maximum Gasteiger partial charge on any atom is 0.359 e.